The molecule has 27 heavy (non-hydrogen) atoms. The van der Waals surface area contributed by atoms with Crippen LogP contribution in [0.5, 0.6) is 17.2 Å². The Balaban J connectivity index is 1.97. The summed E-state index contributed by atoms with van der Waals surface area (Å²) in [4.78, 5) is 23.5. The fourth-order valence-electron chi connectivity index (χ4n) is 2.43. The second kappa shape index (κ2) is 8.05. The van der Waals surface area contributed by atoms with Crippen molar-refractivity contribution in [2.24, 2.45) is 0 Å². The normalized spacial score (nSPS) is 10.5. The van der Waals surface area contributed by atoms with E-state index in [0.717, 1.165) is 5.56 Å². The minimum atomic E-state index is -0.500. The zero-order chi connectivity index (χ0) is 19.4. The number of aryl methyl sites for hydroxylation is 1. The van der Waals surface area contributed by atoms with Crippen molar-refractivity contribution in [2.75, 3.05) is 6.61 Å². The molecule has 7 heteroatoms. The number of nitrogens with zero attached hydrogens (tertiary/aromatic N) is 2. The molecule has 1 heterocycles. The number of rotatable bonds is 6. The number of aldehydes is 1. The molecule has 0 aliphatic carbocycles. The number of carbonyl (C=O) groups excluding carboxylic acids is 1. The fourth-order valence-corrected chi connectivity index (χ4v) is 2.60. The van der Waals surface area contributed by atoms with Gasteiger partial charge in [-0.2, -0.15) is 9.78 Å². The first-order valence-corrected chi connectivity index (χ1v) is 8.66. The fraction of sp³-hybridized carbons (Fsp3) is 0.150. The van der Waals surface area contributed by atoms with Gasteiger partial charge in [0.1, 0.15) is 6.29 Å². The van der Waals surface area contributed by atoms with Gasteiger partial charge in [0, 0.05) is 5.56 Å². The average Bonchev–Trinajstić information content (AvgIpc) is 2.68. The molecule has 0 saturated heterocycles. The lowest BCUT2D eigenvalue weighted by Crippen LogP contribution is -2.21. The summed E-state index contributed by atoms with van der Waals surface area (Å²) in [5.74, 6) is 0.810. The molecule has 0 atom stereocenters. The monoisotopic (exact) mass is 384 g/mol. The topological polar surface area (TPSA) is 70.4 Å². The summed E-state index contributed by atoms with van der Waals surface area (Å²) >= 11 is 6.22. The zero-order valence-corrected chi connectivity index (χ0v) is 15.6. The quantitative estimate of drug-likeness (QED) is 0.596. The second-order valence-corrected chi connectivity index (χ2v) is 6.11. The molecule has 0 spiro atoms. The molecule has 3 rings (SSSR count). The number of aromatic nitrogens is 2. The van der Waals surface area contributed by atoms with Crippen LogP contribution in [-0.4, -0.2) is 22.7 Å². The van der Waals surface area contributed by atoms with Gasteiger partial charge in [0.2, 0.25) is 0 Å². The molecule has 2 aromatic carbocycles. The second-order valence-electron chi connectivity index (χ2n) is 5.73. The molecular weight excluding hydrogens is 368 g/mol. The van der Waals surface area contributed by atoms with Crippen LogP contribution in [-0.2, 0) is 0 Å². The Morgan fingerprint density at radius 2 is 1.85 bits per heavy atom. The summed E-state index contributed by atoms with van der Waals surface area (Å²) in [6.45, 7) is 4.16. The average molecular weight is 385 g/mol. The van der Waals surface area contributed by atoms with Crippen LogP contribution in [0.15, 0.2) is 53.5 Å². The van der Waals surface area contributed by atoms with Crippen LogP contribution < -0.4 is 15.0 Å². The van der Waals surface area contributed by atoms with E-state index in [0.29, 0.717) is 35.6 Å². The highest BCUT2D eigenvalue weighted by atomic mass is 35.5. The number of carbonyl (C=O) groups is 1. The van der Waals surface area contributed by atoms with Gasteiger partial charge in [-0.05, 0) is 44.2 Å². The smallest absolute Gasteiger partial charge is 0.294 e. The number of hydrogen-bond donors (Lipinski definition) is 0. The molecule has 0 aliphatic rings. The van der Waals surface area contributed by atoms with Crippen molar-refractivity contribution in [3.63, 3.8) is 0 Å². The summed E-state index contributed by atoms with van der Waals surface area (Å²) in [5, 5.41) is 4.04. The minimum Gasteiger partial charge on any atom is -0.490 e. The maximum atomic E-state index is 12.6. The van der Waals surface area contributed by atoms with Crippen LogP contribution in [0.2, 0.25) is 5.02 Å². The molecule has 0 bridgehead atoms. The van der Waals surface area contributed by atoms with Gasteiger partial charge in [-0.15, -0.1) is 0 Å². The van der Waals surface area contributed by atoms with Crippen LogP contribution in [0.1, 0.15) is 22.8 Å². The summed E-state index contributed by atoms with van der Waals surface area (Å²) in [5.41, 5.74) is 1.62. The van der Waals surface area contributed by atoms with Gasteiger partial charge in [-0.25, -0.2) is 0 Å². The summed E-state index contributed by atoms with van der Waals surface area (Å²) in [6.07, 6.45) is 2.08. The Morgan fingerprint density at radius 3 is 2.52 bits per heavy atom. The summed E-state index contributed by atoms with van der Waals surface area (Å²) in [7, 11) is 0. The molecule has 0 amide bonds. The first kappa shape index (κ1) is 18.7. The molecule has 0 fully saturated rings. The molecule has 0 unspecified atom stereocenters. The molecule has 3 aromatic rings. The highest BCUT2D eigenvalue weighted by Crippen LogP contribution is 2.34. The molecule has 1 aromatic heterocycles. The molecule has 0 radical (unpaired) electrons. The largest absolute Gasteiger partial charge is 0.490 e. The Bertz CT molecular complexity index is 1030. The lowest BCUT2D eigenvalue weighted by molar-refractivity contribution is 0.112. The van der Waals surface area contributed by atoms with Gasteiger partial charge < -0.3 is 9.47 Å². The maximum Gasteiger partial charge on any atom is 0.294 e. The zero-order valence-electron chi connectivity index (χ0n) is 14.8. The van der Waals surface area contributed by atoms with Crippen LogP contribution in [0, 0.1) is 6.92 Å². The van der Waals surface area contributed by atoms with Gasteiger partial charge in [-0.1, -0.05) is 29.3 Å². The third-order valence-corrected chi connectivity index (χ3v) is 4.14. The maximum absolute atomic E-state index is 12.6. The van der Waals surface area contributed by atoms with Crippen molar-refractivity contribution in [3.8, 4) is 22.9 Å². The SMILES string of the molecule is CCOc1cc(C=O)ccc1Oc1cnn(-c2ccc(C)cc2)c(=O)c1Cl. The van der Waals surface area contributed by atoms with Crippen molar-refractivity contribution in [3.05, 3.63) is 75.2 Å². The predicted molar refractivity (Wildman–Crippen MR) is 103 cm³/mol. The van der Waals surface area contributed by atoms with Gasteiger partial charge in [-0.3, -0.25) is 9.59 Å². The van der Waals surface area contributed by atoms with E-state index in [-0.39, 0.29) is 10.8 Å². The Labute approximate surface area is 160 Å². The molecular formula is C20H17ClN2O4. The molecule has 0 N–H and O–H groups in total. The number of benzene rings is 2. The highest BCUT2D eigenvalue weighted by Gasteiger charge is 2.15. The first-order chi connectivity index (χ1) is 13.0. The van der Waals surface area contributed by atoms with Crippen LogP contribution in [0.3, 0.4) is 0 Å². The first-order valence-electron chi connectivity index (χ1n) is 8.28. The van der Waals surface area contributed by atoms with E-state index in [1.165, 1.54) is 10.9 Å². The number of halogens is 1. The molecule has 6 nitrogen and oxygen atoms in total. The van der Waals surface area contributed by atoms with E-state index in [1.54, 1.807) is 30.3 Å². The number of hydrogen-bond acceptors (Lipinski definition) is 5. The summed E-state index contributed by atoms with van der Waals surface area (Å²) in [6, 6.07) is 12.0. The van der Waals surface area contributed by atoms with E-state index in [2.05, 4.69) is 5.10 Å². The third kappa shape index (κ3) is 4.01. The Kier molecular flexibility index (Phi) is 5.57. The Hall–Kier alpha value is -3.12. The minimum absolute atomic E-state index is 0.102. The number of ether oxygens (including phenoxy) is 2. The predicted octanol–water partition coefficient (Wildman–Crippen LogP) is 4.20. The highest BCUT2D eigenvalue weighted by molar-refractivity contribution is 6.31. The van der Waals surface area contributed by atoms with Gasteiger partial charge >= 0.3 is 0 Å². The van der Waals surface area contributed by atoms with Crippen molar-refractivity contribution in [1.29, 1.82) is 0 Å². The lowest BCUT2D eigenvalue weighted by Gasteiger charge is -2.13. The van der Waals surface area contributed by atoms with Crippen LogP contribution in [0.25, 0.3) is 5.69 Å². The van der Waals surface area contributed by atoms with Crippen molar-refractivity contribution in [2.45, 2.75) is 13.8 Å². The van der Waals surface area contributed by atoms with Gasteiger partial charge in [0.15, 0.2) is 22.3 Å². The van der Waals surface area contributed by atoms with Crippen molar-refractivity contribution < 1.29 is 14.3 Å². The standard InChI is InChI=1S/C20H17ClN2O4/c1-3-26-17-10-14(12-24)6-9-16(17)27-18-11-22-23(20(25)19(18)21)15-7-4-13(2)5-8-15/h4-12H,3H2,1-2H3. The van der Waals surface area contributed by atoms with Gasteiger partial charge in [0.05, 0.1) is 18.5 Å². The van der Waals surface area contributed by atoms with E-state index >= 15 is 0 Å². The van der Waals surface area contributed by atoms with E-state index < -0.39 is 5.56 Å². The summed E-state index contributed by atoms with van der Waals surface area (Å²) < 4.78 is 12.4. The molecule has 138 valence electrons. The van der Waals surface area contributed by atoms with E-state index in [4.69, 9.17) is 21.1 Å². The van der Waals surface area contributed by atoms with Gasteiger partial charge in [0.25, 0.3) is 5.56 Å². The van der Waals surface area contributed by atoms with Crippen LogP contribution in [0.4, 0.5) is 0 Å². The van der Waals surface area contributed by atoms with E-state index in [9.17, 15) is 9.59 Å². The van der Waals surface area contributed by atoms with Crippen LogP contribution >= 0.6 is 11.6 Å². The Morgan fingerprint density at radius 1 is 1.11 bits per heavy atom. The lowest BCUT2D eigenvalue weighted by atomic mass is 10.2. The molecule has 0 saturated carbocycles. The molecule has 0 aliphatic heterocycles. The van der Waals surface area contributed by atoms with E-state index in [1.807, 2.05) is 26.0 Å². The van der Waals surface area contributed by atoms with Crippen molar-refractivity contribution in [1.82, 2.24) is 9.78 Å². The van der Waals surface area contributed by atoms with Crippen molar-refractivity contribution >= 4 is 17.9 Å². The third-order valence-electron chi connectivity index (χ3n) is 3.79.